The molecule has 3 aromatic rings. The number of imidazole rings is 1. The molecule has 0 fully saturated rings. The number of aromatic nitrogens is 5. The number of nitrogens with one attached hydrogen (secondary N) is 2. The van der Waals surface area contributed by atoms with E-state index in [1.165, 1.54) is 11.2 Å². The number of hydrogen-bond acceptors (Lipinski definition) is 6. The Kier molecular flexibility index (Phi) is 2.45. The van der Waals surface area contributed by atoms with Crippen LogP contribution >= 0.6 is 11.3 Å². The highest BCUT2D eigenvalue weighted by Gasteiger charge is 2.06. The maximum absolute atomic E-state index is 4.29. The van der Waals surface area contributed by atoms with Gasteiger partial charge in [-0.3, -0.25) is 0 Å². The third-order valence-corrected chi connectivity index (χ3v) is 3.21. The minimum Gasteiger partial charge on any atom is -0.362 e. The van der Waals surface area contributed by atoms with Gasteiger partial charge in [-0.1, -0.05) is 0 Å². The summed E-state index contributed by atoms with van der Waals surface area (Å²) in [6.07, 6.45) is 4.98. The van der Waals surface area contributed by atoms with Crippen LogP contribution in [0.15, 0.2) is 18.9 Å². The zero-order chi connectivity index (χ0) is 11.7. The molecule has 0 atom stereocenters. The number of hydrogen-bond donors (Lipinski definition) is 2. The maximum atomic E-state index is 4.29. The molecule has 3 heterocycles. The van der Waals surface area contributed by atoms with Crippen LogP contribution in [0.4, 0.5) is 5.82 Å². The quantitative estimate of drug-likeness (QED) is 0.735. The van der Waals surface area contributed by atoms with Crippen LogP contribution in [0.3, 0.4) is 0 Å². The number of thiazole rings is 1. The van der Waals surface area contributed by atoms with Crippen molar-refractivity contribution in [3.63, 3.8) is 0 Å². The second-order valence-electron chi connectivity index (χ2n) is 3.54. The Bertz CT molecular complexity index is 643. The van der Waals surface area contributed by atoms with Gasteiger partial charge in [0.2, 0.25) is 0 Å². The zero-order valence-corrected chi connectivity index (χ0v) is 9.95. The Labute approximate surface area is 101 Å². The molecule has 17 heavy (non-hydrogen) atoms. The van der Waals surface area contributed by atoms with E-state index >= 15 is 0 Å². The van der Waals surface area contributed by atoms with E-state index in [0.29, 0.717) is 12.2 Å². The highest BCUT2D eigenvalue weighted by atomic mass is 32.1. The Hall–Kier alpha value is -2.02. The summed E-state index contributed by atoms with van der Waals surface area (Å²) in [5.41, 5.74) is 1.48. The molecule has 0 saturated heterocycles. The van der Waals surface area contributed by atoms with Gasteiger partial charge in [0.05, 0.1) is 12.9 Å². The van der Waals surface area contributed by atoms with Crippen LogP contribution in [0.2, 0.25) is 0 Å². The number of rotatable bonds is 3. The molecule has 0 saturated carbocycles. The van der Waals surface area contributed by atoms with Gasteiger partial charge in [-0.15, -0.1) is 11.3 Å². The fourth-order valence-corrected chi connectivity index (χ4v) is 2.27. The largest absolute Gasteiger partial charge is 0.362 e. The topological polar surface area (TPSA) is 79.4 Å². The monoisotopic (exact) mass is 246 g/mol. The van der Waals surface area contributed by atoms with Crippen LogP contribution in [-0.2, 0) is 6.54 Å². The van der Waals surface area contributed by atoms with Crippen molar-refractivity contribution >= 4 is 28.3 Å². The molecule has 0 radical (unpaired) electrons. The molecule has 2 N–H and O–H groups in total. The lowest BCUT2D eigenvalue weighted by molar-refractivity contribution is 1.07. The fourth-order valence-electron chi connectivity index (χ4n) is 1.54. The van der Waals surface area contributed by atoms with Gasteiger partial charge in [-0.2, -0.15) is 0 Å². The Morgan fingerprint density at radius 2 is 2.24 bits per heavy atom. The number of nitrogens with zero attached hydrogens (tertiary/aromatic N) is 4. The van der Waals surface area contributed by atoms with Crippen molar-refractivity contribution in [2.75, 3.05) is 5.32 Å². The molecule has 0 aliphatic carbocycles. The molecule has 6 nitrogen and oxygen atoms in total. The number of anilines is 1. The van der Waals surface area contributed by atoms with Crippen molar-refractivity contribution < 1.29 is 0 Å². The lowest BCUT2D eigenvalue weighted by Crippen LogP contribution is -2.02. The first-order valence-electron chi connectivity index (χ1n) is 5.12. The summed E-state index contributed by atoms with van der Waals surface area (Å²) in [6.45, 7) is 2.70. The summed E-state index contributed by atoms with van der Waals surface area (Å²) in [5, 5.41) is 4.26. The average molecular weight is 246 g/mol. The van der Waals surface area contributed by atoms with E-state index < -0.39 is 0 Å². The molecule has 86 valence electrons. The predicted octanol–water partition coefficient (Wildman–Crippen LogP) is 1.73. The third-order valence-electron chi connectivity index (χ3n) is 2.30. The van der Waals surface area contributed by atoms with Gasteiger partial charge in [0.25, 0.3) is 0 Å². The lowest BCUT2D eigenvalue weighted by Gasteiger charge is -2.02. The van der Waals surface area contributed by atoms with Gasteiger partial charge in [0, 0.05) is 11.1 Å². The van der Waals surface area contributed by atoms with Gasteiger partial charge in [0.1, 0.15) is 16.9 Å². The van der Waals surface area contributed by atoms with E-state index in [9.17, 15) is 0 Å². The second kappa shape index (κ2) is 4.10. The Morgan fingerprint density at radius 1 is 1.29 bits per heavy atom. The van der Waals surface area contributed by atoms with Crippen molar-refractivity contribution in [3.8, 4) is 0 Å². The first-order chi connectivity index (χ1) is 8.33. The molecule has 0 bridgehead atoms. The van der Waals surface area contributed by atoms with E-state index in [4.69, 9.17) is 0 Å². The smallest absolute Gasteiger partial charge is 0.182 e. The van der Waals surface area contributed by atoms with Crippen molar-refractivity contribution in [3.05, 3.63) is 28.7 Å². The standard InChI is InChI=1S/C10H10N6S/c1-6-2-11-7(17-6)3-12-9-8-10(14-4-13-8)16-5-15-9/h2,4-5H,3H2,1H3,(H2,12,13,14,15,16). The average Bonchev–Trinajstić information content (AvgIpc) is 2.94. The number of aryl methyl sites for hydroxylation is 1. The molecular weight excluding hydrogens is 236 g/mol. The SMILES string of the molecule is Cc1cnc(CNc2ncnc3nc[nH]c23)s1. The summed E-state index contributed by atoms with van der Waals surface area (Å²) >= 11 is 1.67. The highest BCUT2D eigenvalue weighted by molar-refractivity contribution is 7.11. The molecule has 0 amide bonds. The van der Waals surface area contributed by atoms with Gasteiger partial charge >= 0.3 is 0 Å². The molecule has 0 aliphatic heterocycles. The van der Waals surface area contributed by atoms with Gasteiger partial charge in [-0.25, -0.2) is 19.9 Å². The normalized spacial score (nSPS) is 10.9. The third kappa shape index (κ3) is 1.96. The summed E-state index contributed by atoms with van der Waals surface area (Å²) in [7, 11) is 0. The second-order valence-corrected chi connectivity index (χ2v) is 4.86. The number of fused-ring (bicyclic) bond motifs is 1. The van der Waals surface area contributed by atoms with Crippen molar-refractivity contribution in [2.45, 2.75) is 13.5 Å². The summed E-state index contributed by atoms with van der Waals surface area (Å²) in [5.74, 6) is 0.750. The summed E-state index contributed by atoms with van der Waals surface area (Å²) in [4.78, 5) is 20.8. The van der Waals surface area contributed by atoms with E-state index in [1.54, 1.807) is 17.7 Å². The van der Waals surface area contributed by atoms with Crippen LogP contribution in [0.25, 0.3) is 11.2 Å². The number of aromatic amines is 1. The van der Waals surface area contributed by atoms with Crippen LogP contribution in [-0.4, -0.2) is 24.9 Å². The van der Waals surface area contributed by atoms with E-state index in [1.807, 2.05) is 13.1 Å². The van der Waals surface area contributed by atoms with E-state index in [2.05, 4.69) is 30.2 Å². The van der Waals surface area contributed by atoms with Crippen LogP contribution in [0, 0.1) is 6.92 Å². The Morgan fingerprint density at radius 3 is 3.06 bits per heavy atom. The van der Waals surface area contributed by atoms with Crippen LogP contribution < -0.4 is 5.32 Å². The predicted molar refractivity (Wildman–Crippen MR) is 65.9 cm³/mol. The number of H-pyrrole nitrogens is 1. The van der Waals surface area contributed by atoms with Crippen molar-refractivity contribution in [1.29, 1.82) is 0 Å². The van der Waals surface area contributed by atoms with E-state index in [-0.39, 0.29) is 0 Å². The first kappa shape index (κ1) is 10.2. The molecule has 0 spiro atoms. The minimum atomic E-state index is 0.656. The van der Waals surface area contributed by atoms with Crippen molar-refractivity contribution in [2.24, 2.45) is 0 Å². The maximum Gasteiger partial charge on any atom is 0.182 e. The summed E-state index contributed by atoms with van der Waals surface area (Å²) < 4.78 is 0. The fraction of sp³-hybridized carbons (Fsp3) is 0.200. The zero-order valence-electron chi connectivity index (χ0n) is 9.14. The molecule has 0 unspecified atom stereocenters. The molecule has 7 heteroatoms. The molecule has 3 aromatic heterocycles. The van der Waals surface area contributed by atoms with Gasteiger partial charge in [-0.05, 0) is 6.92 Å². The molecular formula is C10H10N6S. The lowest BCUT2D eigenvalue weighted by atomic mass is 10.5. The molecule has 0 aromatic carbocycles. The van der Waals surface area contributed by atoms with Crippen molar-refractivity contribution in [1.82, 2.24) is 24.9 Å². The van der Waals surface area contributed by atoms with Gasteiger partial charge < -0.3 is 10.3 Å². The first-order valence-corrected chi connectivity index (χ1v) is 5.94. The molecule has 0 aliphatic rings. The molecule has 3 rings (SSSR count). The summed E-state index contributed by atoms with van der Waals surface area (Å²) in [6, 6.07) is 0. The van der Waals surface area contributed by atoms with Crippen LogP contribution in [0.1, 0.15) is 9.88 Å². The van der Waals surface area contributed by atoms with Gasteiger partial charge in [0.15, 0.2) is 11.5 Å². The van der Waals surface area contributed by atoms with Crippen LogP contribution in [0.5, 0.6) is 0 Å². The Balaban J connectivity index is 1.83. The highest BCUT2D eigenvalue weighted by Crippen LogP contribution is 2.17. The van der Waals surface area contributed by atoms with E-state index in [0.717, 1.165) is 16.3 Å². The minimum absolute atomic E-state index is 0.656.